The fraction of sp³-hybridized carbons (Fsp3) is 0.462. The maximum Gasteiger partial charge on any atom is 0.294 e. The summed E-state index contributed by atoms with van der Waals surface area (Å²) in [6, 6.07) is 2.74. The number of nitrogens with zero attached hydrogens (tertiary/aromatic N) is 2. The molecule has 0 spiro atoms. The molecule has 0 radical (unpaired) electrons. The fourth-order valence-electron chi connectivity index (χ4n) is 2.44. The van der Waals surface area contributed by atoms with Crippen molar-refractivity contribution in [2.45, 2.75) is 12.5 Å². The minimum absolute atomic E-state index is 0.0595. The average Bonchev–Trinajstić information content (AvgIpc) is 2.82. The van der Waals surface area contributed by atoms with Gasteiger partial charge in [0.2, 0.25) is 0 Å². The lowest BCUT2D eigenvalue weighted by molar-refractivity contribution is -0.383. The van der Waals surface area contributed by atoms with Gasteiger partial charge in [0.05, 0.1) is 9.95 Å². The van der Waals surface area contributed by atoms with Crippen molar-refractivity contribution >= 4 is 28.9 Å². The topological polar surface area (TPSA) is 87.5 Å². The lowest BCUT2D eigenvalue weighted by Crippen LogP contribution is -2.36. The standard InChI is InChI=1S/C13H17ClN4O3/c1-15-12-10(14)5-8(6-11(12)18(20)21)13(19)16-9-3-4-17(2)7-9/h5-6,9,15H,3-4,7H2,1-2H3,(H,16,19). The van der Waals surface area contributed by atoms with Crippen molar-refractivity contribution in [1.82, 2.24) is 10.2 Å². The van der Waals surface area contributed by atoms with Gasteiger partial charge in [-0.3, -0.25) is 14.9 Å². The molecule has 7 nitrogen and oxygen atoms in total. The van der Waals surface area contributed by atoms with Gasteiger partial charge >= 0.3 is 0 Å². The first-order chi connectivity index (χ1) is 9.92. The molecule has 1 fully saturated rings. The highest BCUT2D eigenvalue weighted by atomic mass is 35.5. The molecule has 1 amide bonds. The van der Waals surface area contributed by atoms with Crippen molar-refractivity contribution in [2.75, 3.05) is 32.5 Å². The number of nitrogens with one attached hydrogen (secondary N) is 2. The van der Waals surface area contributed by atoms with E-state index in [1.807, 2.05) is 7.05 Å². The number of hydrogen-bond acceptors (Lipinski definition) is 5. The lowest BCUT2D eigenvalue weighted by atomic mass is 10.1. The van der Waals surface area contributed by atoms with Gasteiger partial charge in [-0.15, -0.1) is 0 Å². The smallest absolute Gasteiger partial charge is 0.294 e. The zero-order valence-corrected chi connectivity index (χ0v) is 12.6. The molecule has 1 saturated heterocycles. The summed E-state index contributed by atoms with van der Waals surface area (Å²) in [5.74, 6) is -0.344. The van der Waals surface area contributed by atoms with Crippen molar-refractivity contribution in [2.24, 2.45) is 0 Å². The molecule has 21 heavy (non-hydrogen) atoms. The van der Waals surface area contributed by atoms with Crippen LogP contribution in [0.2, 0.25) is 5.02 Å². The number of carbonyl (C=O) groups excluding carboxylic acids is 1. The Morgan fingerprint density at radius 1 is 1.52 bits per heavy atom. The summed E-state index contributed by atoms with van der Waals surface area (Å²) in [5.41, 5.74) is 0.192. The Kier molecular flexibility index (Phi) is 4.64. The van der Waals surface area contributed by atoms with E-state index in [1.165, 1.54) is 12.1 Å². The first kappa shape index (κ1) is 15.5. The summed E-state index contributed by atoms with van der Waals surface area (Å²) in [4.78, 5) is 24.8. The third-order valence-electron chi connectivity index (χ3n) is 3.50. The number of anilines is 1. The molecule has 0 aliphatic carbocycles. The third-order valence-corrected chi connectivity index (χ3v) is 3.80. The summed E-state index contributed by atoms with van der Waals surface area (Å²) in [5, 5.41) is 16.8. The Labute approximate surface area is 127 Å². The quantitative estimate of drug-likeness (QED) is 0.653. The van der Waals surface area contributed by atoms with Crippen LogP contribution in [0, 0.1) is 10.1 Å². The van der Waals surface area contributed by atoms with E-state index in [2.05, 4.69) is 15.5 Å². The van der Waals surface area contributed by atoms with Crippen LogP contribution in [0.5, 0.6) is 0 Å². The molecular formula is C13H17ClN4O3. The van der Waals surface area contributed by atoms with E-state index in [-0.39, 0.29) is 33.9 Å². The molecule has 1 atom stereocenters. The van der Waals surface area contributed by atoms with E-state index in [0.717, 1.165) is 19.5 Å². The zero-order chi connectivity index (χ0) is 15.6. The minimum atomic E-state index is -0.558. The van der Waals surface area contributed by atoms with Crippen molar-refractivity contribution in [3.05, 3.63) is 32.8 Å². The van der Waals surface area contributed by atoms with Gasteiger partial charge in [0.25, 0.3) is 11.6 Å². The van der Waals surface area contributed by atoms with E-state index < -0.39 is 4.92 Å². The van der Waals surface area contributed by atoms with Gasteiger partial charge in [0.15, 0.2) is 0 Å². The first-order valence-electron chi connectivity index (χ1n) is 6.57. The summed E-state index contributed by atoms with van der Waals surface area (Å²) in [6.45, 7) is 1.70. The molecule has 0 bridgehead atoms. The van der Waals surface area contributed by atoms with Gasteiger partial charge in [-0.1, -0.05) is 11.6 Å². The van der Waals surface area contributed by atoms with Crippen LogP contribution in [0.15, 0.2) is 12.1 Å². The Hall–Kier alpha value is -1.86. The zero-order valence-electron chi connectivity index (χ0n) is 11.9. The number of carbonyl (C=O) groups is 1. The number of nitro groups is 1. The molecule has 0 saturated carbocycles. The molecule has 114 valence electrons. The Bertz CT molecular complexity index is 579. The summed E-state index contributed by atoms with van der Waals surface area (Å²) < 4.78 is 0. The lowest BCUT2D eigenvalue weighted by Gasteiger charge is -2.13. The molecular weight excluding hydrogens is 296 g/mol. The maximum atomic E-state index is 12.2. The number of nitro benzene ring substituents is 1. The molecule has 1 aliphatic rings. The van der Waals surface area contributed by atoms with Gasteiger partial charge in [0.1, 0.15) is 5.69 Å². The largest absolute Gasteiger partial charge is 0.381 e. The van der Waals surface area contributed by atoms with Crippen LogP contribution in [0.1, 0.15) is 16.8 Å². The fourth-order valence-corrected chi connectivity index (χ4v) is 2.75. The number of hydrogen-bond donors (Lipinski definition) is 2. The van der Waals surface area contributed by atoms with Crippen molar-refractivity contribution in [3.8, 4) is 0 Å². The number of halogens is 1. The molecule has 2 rings (SSSR count). The summed E-state index contributed by atoms with van der Waals surface area (Å²) in [6.07, 6.45) is 0.868. The van der Waals surface area contributed by atoms with Gasteiger partial charge in [-0.05, 0) is 26.1 Å². The number of rotatable bonds is 4. The Morgan fingerprint density at radius 2 is 2.24 bits per heavy atom. The molecule has 1 unspecified atom stereocenters. The van der Waals surface area contributed by atoms with E-state index >= 15 is 0 Å². The number of amides is 1. The summed E-state index contributed by atoms with van der Waals surface area (Å²) >= 11 is 6.01. The molecule has 0 aromatic heterocycles. The van der Waals surface area contributed by atoms with E-state index in [9.17, 15) is 14.9 Å². The van der Waals surface area contributed by atoms with Gasteiger partial charge in [-0.25, -0.2) is 0 Å². The van der Waals surface area contributed by atoms with Crippen LogP contribution in [-0.4, -0.2) is 49.0 Å². The maximum absolute atomic E-state index is 12.2. The third kappa shape index (κ3) is 3.43. The molecule has 8 heteroatoms. The van der Waals surface area contributed by atoms with E-state index in [0.29, 0.717) is 0 Å². The molecule has 1 heterocycles. The Morgan fingerprint density at radius 3 is 2.76 bits per heavy atom. The van der Waals surface area contributed by atoms with E-state index in [1.54, 1.807) is 7.05 Å². The van der Waals surface area contributed by atoms with Gasteiger partial charge in [0, 0.05) is 31.3 Å². The Balaban J connectivity index is 2.23. The van der Waals surface area contributed by atoms with Gasteiger partial charge < -0.3 is 15.5 Å². The molecule has 1 aromatic carbocycles. The monoisotopic (exact) mass is 312 g/mol. The number of likely N-dealkylation sites (tertiary alicyclic amines) is 1. The highest BCUT2D eigenvalue weighted by molar-refractivity contribution is 6.34. The predicted molar refractivity (Wildman–Crippen MR) is 81.0 cm³/mol. The van der Waals surface area contributed by atoms with Crippen LogP contribution in [0.25, 0.3) is 0 Å². The highest BCUT2D eigenvalue weighted by Gasteiger charge is 2.24. The predicted octanol–water partition coefficient (Wildman–Crippen LogP) is 1.72. The van der Waals surface area contributed by atoms with Crippen LogP contribution >= 0.6 is 11.6 Å². The second-order valence-electron chi connectivity index (χ2n) is 5.08. The minimum Gasteiger partial charge on any atom is -0.381 e. The molecule has 1 aromatic rings. The van der Waals surface area contributed by atoms with Crippen LogP contribution < -0.4 is 10.6 Å². The van der Waals surface area contributed by atoms with Gasteiger partial charge in [-0.2, -0.15) is 0 Å². The van der Waals surface area contributed by atoms with Crippen molar-refractivity contribution in [1.29, 1.82) is 0 Å². The molecule has 1 aliphatic heterocycles. The molecule has 2 N–H and O–H groups in total. The SMILES string of the molecule is CNc1c(Cl)cc(C(=O)NC2CCN(C)C2)cc1[N+](=O)[O-]. The highest BCUT2D eigenvalue weighted by Crippen LogP contribution is 2.33. The van der Waals surface area contributed by atoms with Crippen molar-refractivity contribution in [3.63, 3.8) is 0 Å². The van der Waals surface area contributed by atoms with Crippen LogP contribution in [0.3, 0.4) is 0 Å². The first-order valence-corrected chi connectivity index (χ1v) is 6.95. The number of likely N-dealkylation sites (N-methyl/N-ethyl adjacent to an activating group) is 1. The second-order valence-corrected chi connectivity index (χ2v) is 5.49. The van der Waals surface area contributed by atoms with Crippen LogP contribution in [0.4, 0.5) is 11.4 Å². The van der Waals surface area contributed by atoms with E-state index in [4.69, 9.17) is 11.6 Å². The second kappa shape index (κ2) is 6.28. The number of benzene rings is 1. The normalized spacial score (nSPS) is 18.5. The average molecular weight is 313 g/mol. The van der Waals surface area contributed by atoms with Crippen LogP contribution in [-0.2, 0) is 0 Å². The summed E-state index contributed by atoms with van der Waals surface area (Å²) in [7, 11) is 3.53. The van der Waals surface area contributed by atoms with Crippen molar-refractivity contribution < 1.29 is 9.72 Å².